The monoisotopic (exact) mass is 443 g/mol. The van der Waals surface area contributed by atoms with Gasteiger partial charge in [0.2, 0.25) is 17.7 Å². The maximum Gasteiger partial charge on any atom is 0.328 e. The molecule has 0 saturated carbocycles. The highest BCUT2D eigenvalue weighted by Crippen LogP contribution is 2.19. The lowest BCUT2D eigenvalue weighted by Gasteiger charge is -2.29. The summed E-state index contributed by atoms with van der Waals surface area (Å²) in [6.07, 6.45) is 0.375. The number of aliphatic imine (C=N–C) groups is 1. The van der Waals surface area contributed by atoms with Gasteiger partial charge in [-0.05, 0) is 39.5 Å². The van der Waals surface area contributed by atoms with Gasteiger partial charge in [0.25, 0.3) is 0 Å². The first-order chi connectivity index (χ1) is 14.5. The Morgan fingerprint density at radius 1 is 1.19 bits per heavy atom. The van der Waals surface area contributed by atoms with E-state index in [1.54, 1.807) is 0 Å². The number of rotatable bonds is 11. The average molecular weight is 444 g/mol. The molecule has 3 amide bonds. The highest BCUT2D eigenvalue weighted by molar-refractivity contribution is 5.94. The summed E-state index contributed by atoms with van der Waals surface area (Å²) in [5.41, 5.74) is 16.3. The number of carboxylic acid groups (broad SMARTS) is 1. The molecule has 1 rings (SSSR count). The van der Waals surface area contributed by atoms with Gasteiger partial charge in [-0.2, -0.15) is 0 Å². The van der Waals surface area contributed by atoms with Crippen molar-refractivity contribution in [2.75, 3.05) is 13.1 Å². The number of aliphatic hydroxyl groups is 1. The van der Waals surface area contributed by atoms with E-state index in [4.69, 9.17) is 22.3 Å². The summed E-state index contributed by atoms with van der Waals surface area (Å²) in [5.74, 6) is -3.11. The third-order valence-electron chi connectivity index (χ3n) is 4.92. The Balaban J connectivity index is 2.65. The van der Waals surface area contributed by atoms with Gasteiger partial charge >= 0.3 is 5.97 Å². The van der Waals surface area contributed by atoms with Crippen LogP contribution in [0.2, 0.25) is 0 Å². The van der Waals surface area contributed by atoms with Crippen molar-refractivity contribution in [2.24, 2.45) is 22.2 Å². The van der Waals surface area contributed by atoms with Crippen LogP contribution in [0.5, 0.6) is 0 Å². The highest BCUT2D eigenvalue weighted by atomic mass is 16.4. The summed E-state index contributed by atoms with van der Waals surface area (Å²) >= 11 is 0. The number of hydrogen-bond donors (Lipinski definition) is 7. The van der Waals surface area contributed by atoms with Gasteiger partial charge in [0, 0.05) is 13.1 Å². The third kappa shape index (κ3) is 8.02. The first-order valence-electron chi connectivity index (χ1n) is 10.1. The molecule has 5 unspecified atom stereocenters. The lowest BCUT2D eigenvalue weighted by molar-refractivity contribution is -0.147. The van der Waals surface area contributed by atoms with E-state index in [-0.39, 0.29) is 12.5 Å². The van der Waals surface area contributed by atoms with Crippen LogP contribution in [0, 0.1) is 0 Å². The van der Waals surface area contributed by atoms with Crippen molar-refractivity contribution in [3.63, 3.8) is 0 Å². The van der Waals surface area contributed by atoms with Crippen molar-refractivity contribution in [3.8, 4) is 0 Å². The predicted octanol–water partition coefficient (Wildman–Crippen LogP) is -3.19. The molecule has 1 aliphatic rings. The summed E-state index contributed by atoms with van der Waals surface area (Å²) in [7, 11) is 0. The van der Waals surface area contributed by atoms with Crippen molar-refractivity contribution in [1.82, 2.24) is 15.5 Å². The fourth-order valence-corrected chi connectivity index (χ4v) is 3.22. The van der Waals surface area contributed by atoms with Crippen LogP contribution >= 0.6 is 0 Å². The molecule has 5 atom stereocenters. The topological polar surface area (TPSA) is 226 Å². The van der Waals surface area contributed by atoms with Crippen molar-refractivity contribution < 1.29 is 29.4 Å². The number of nitrogens with zero attached hydrogens (tertiary/aromatic N) is 2. The number of carboxylic acids is 1. The number of aliphatic carboxylic acids is 1. The van der Waals surface area contributed by atoms with Gasteiger partial charge in [0.05, 0.1) is 12.1 Å². The van der Waals surface area contributed by atoms with Crippen LogP contribution < -0.4 is 27.8 Å². The molecule has 10 N–H and O–H groups in total. The molecule has 0 aromatic heterocycles. The molecule has 13 heteroatoms. The van der Waals surface area contributed by atoms with Crippen LogP contribution in [0.1, 0.15) is 39.5 Å². The van der Waals surface area contributed by atoms with Crippen LogP contribution in [0.25, 0.3) is 0 Å². The zero-order valence-electron chi connectivity index (χ0n) is 17.8. The predicted molar refractivity (Wildman–Crippen MR) is 111 cm³/mol. The fraction of sp³-hybridized carbons (Fsp3) is 0.722. The van der Waals surface area contributed by atoms with E-state index in [0.29, 0.717) is 32.2 Å². The molecule has 13 nitrogen and oxygen atoms in total. The molecule has 1 heterocycles. The lowest BCUT2D eigenvalue weighted by Crippen LogP contribution is -2.57. The molecule has 0 spiro atoms. The number of carbonyl (C=O) groups is 4. The molecular formula is C18H33N7O6. The number of nitrogens with one attached hydrogen (secondary N) is 2. The Morgan fingerprint density at radius 2 is 1.84 bits per heavy atom. The molecule has 0 aromatic rings. The molecule has 0 aromatic carbocycles. The van der Waals surface area contributed by atoms with E-state index in [0.717, 1.165) is 0 Å². The Bertz CT molecular complexity index is 695. The van der Waals surface area contributed by atoms with Crippen molar-refractivity contribution in [2.45, 2.75) is 69.8 Å². The fourth-order valence-electron chi connectivity index (χ4n) is 3.22. The molecule has 1 fully saturated rings. The SMILES string of the molecule is CC(NC(=O)C(N)CCCN=C(N)N)C(=O)N1CCCC1C(=O)NC(C(=O)O)C(C)O. The minimum atomic E-state index is -1.49. The number of nitrogens with two attached hydrogens (primary N) is 3. The van der Waals surface area contributed by atoms with Crippen LogP contribution in [0.15, 0.2) is 4.99 Å². The number of guanidine groups is 1. The molecule has 1 aliphatic heterocycles. The van der Waals surface area contributed by atoms with Gasteiger partial charge in [0.1, 0.15) is 12.1 Å². The second kappa shape index (κ2) is 12.1. The molecule has 0 radical (unpaired) electrons. The molecule has 31 heavy (non-hydrogen) atoms. The van der Waals surface area contributed by atoms with Crippen molar-refractivity contribution >= 4 is 29.7 Å². The number of likely N-dealkylation sites (tertiary alicyclic amines) is 1. The summed E-state index contributed by atoms with van der Waals surface area (Å²) in [6, 6.07) is -4.17. The van der Waals surface area contributed by atoms with E-state index in [1.165, 1.54) is 18.7 Å². The van der Waals surface area contributed by atoms with Gasteiger partial charge in [-0.15, -0.1) is 0 Å². The van der Waals surface area contributed by atoms with Gasteiger partial charge in [0.15, 0.2) is 12.0 Å². The minimum absolute atomic E-state index is 0.0513. The van der Waals surface area contributed by atoms with E-state index in [1.807, 2.05) is 0 Å². The highest BCUT2D eigenvalue weighted by Gasteiger charge is 2.38. The number of hydrogen-bond acceptors (Lipinski definition) is 7. The summed E-state index contributed by atoms with van der Waals surface area (Å²) in [4.78, 5) is 53.8. The maximum atomic E-state index is 12.8. The quantitative estimate of drug-likeness (QED) is 0.0968. The lowest BCUT2D eigenvalue weighted by atomic mass is 10.1. The molecule has 0 bridgehead atoms. The second-order valence-electron chi connectivity index (χ2n) is 7.54. The minimum Gasteiger partial charge on any atom is -0.480 e. The third-order valence-corrected chi connectivity index (χ3v) is 4.92. The van der Waals surface area contributed by atoms with Crippen molar-refractivity contribution in [3.05, 3.63) is 0 Å². The molecular weight excluding hydrogens is 410 g/mol. The standard InChI is InChI=1S/C18H33N7O6/c1-9(23-14(27)11(19)5-3-7-22-18(20)21)16(29)25-8-4-6-12(25)15(28)24-13(10(2)26)17(30)31/h9-13,26H,3-8,19H2,1-2H3,(H,23,27)(H,24,28)(H,30,31)(H4,20,21,22). The number of aliphatic hydroxyl groups excluding tert-OH is 1. The summed E-state index contributed by atoms with van der Waals surface area (Å²) < 4.78 is 0. The van der Waals surface area contributed by atoms with Gasteiger partial charge < -0.3 is 42.9 Å². The number of carbonyl (C=O) groups excluding carboxylic acids is 3. The zero-order valence-corrected chi connectivity index (χ0v) is 17.8. The van der Waals surface area contributed by atoms with Crippen molar-refractivity contribution in [1.29, 1.82) is 0 Å². The first kappa shape index (κ1) is 26.1. The normalized spacial score (nSPS) is 19.6. The Morgan fingerprint density at radius 3 is 2.39 bits per heavy atom. The average Bonchev–Trinajstić information content (AvgIpc) is 3.17. The van der Waals surface area contributed by atoms with E-state index >= 15 is 0 Å². The molecule has 1 saturated heterocycles. The van der Waals surface area contributed by atoms with E-state index < -0.39 is 54.0 Å². The first-order valence-corrected chi connectivity index (χ1v) is 10.1. The Hall–Kier alpha value is -2.93. The van der Waals surface area contributed by atoms with Crippen LogP contribution in [-0.2, 0) is 19.2 Å². The summed E-state index contributed by atoms with van der Waals surface area (Å²) in [6.45, 7) is 3.34. The molecule has 176 valence electrons. The van der Waals surface area contributed by atoms with Crippen LogP contribution in [0.4, 0.5) is 0 Å². The maximum absolute atomic E-state index is 12.8. The Labute approximate surface area is 180 Å². The second-order valence-corrected chi connectivity index (χ2v) is 7.54. The largest absolute Gasteiger partial charge is 0.480 e. The number of amides is 3. The summed E-state index contributed by atoms with van der Waals surface area (Å²) in [5, 5.41) is 23.5. The smallest absolute Gasteiger partial charge is 0.328 e. The van der Waals surface area contributed by atoms with Gasteiger partial charge in [-0.25, -0.2) is 4.79 Å². The van der Waals surface area contributed by atoms with E-state index in [2.05, 4.69) is 15.6 Å². The Kier molecular flexibility index (Phi) is 10.1. The van der Waals surface area contributed by atoms with Gasteiger partial charge in [-0.3, -0.25) is 19.4 Å². The van der Waals surface area contributed by atoms with E-state index in [9.17, 15) is 24.3 Å². The zero-order chi connectivity index (χ0) is 23.7. The molecule has 0 aliphatic carbocycles. The van der Waals surface area contributed by atoms with Crippen LogP contribution in [0.3, 0.4) is 0 Å². The van der Waals surface area contributed by atoms with Gasteiger partial charge in [-0.1, -0.05) is 0 Å². The van der Waals surface area contributed by atoms with Crippen LogP contribution in [-0.4, -0.2) is 88.1 Å².